The van der Waals surface area contributed by atoms with Gasteiger partial charge in [0.2, 0.25) is 5.91 Å². The van der Waals surface area contributed by atoms with Gasteiger partial charge in [-0.25, -0.2) is 13.2 Å². The zero-order valence-electron chi connectivity index (χ0n) is 15.8. The summed E-state index contributed by atoms with van der Waals surface area (Å²) in [5.41, 5.74) is -0.924. The summed E-state index contributed by atoms with van der Waals surface area (Å²) >= 11 is 6.83. The van der Waals surface area contributed by atoms with Crippen LogP contribution in [-0.4, -0.2) is 78.6 Å². The van der Waals surface area contributed by atoms with Crippen LogP contribution < -0.4 is 5.32 Å². The van der Waals surface area contributed by atoms with Crippen LogP contribution in [0.15, 0.2) is 16.3 Å². The summed E-state index contributed by atoms with van der Waals surface area (Å²) in [7, 11) is -3.65. The number of urea groups is 1. The molecule has 1 atom stereocenters. The summed E-state index contributed by atoms with van der Waals surface area (Å²) in [6, 6.07) is 2.45. The lowest BCUT2D eigenvalue weighted by Gasteiger charge is -2.34. The van der Waals surface area contributed by atoms with Gasteiger partial charge in [-0.3, -0.25) is 14.5 Å². The average Bonchev–Trinajstić information content (AvgIpc) is 3.42. The first-order valence-corrected chi connectivity index (χ1v) is 11.9. The first-order chi connectivity index (χ1) is 13.6. The topological polar surface area (TPSA) is 107 Å². The largest absolute Gasteiger partial charge is 0.338 e. The van der Waals surface area contributed by atoms with Crippen molar-refractivity contribution in [3.05, 3.63) is 16.5 Å². The molecule has 1 aromatic heterocycles. The fourth-order valence-corrected chi connectivity index (χ4v) is 6.83. The minimum absolute atomic E-state index is 0.124. The van der Waals surface area contributed by atoms with Gasteiger partial charge in [-0.2, -0.15) is 4.31 Å². The lowest BCUT2D eigenvalue weighted by Crippen LogP contribution is -2.53. The number of hydrogen-bond donors (Lipinski definition) is 1. The number of carbonyl (C=O) groups excluding carboxylic acids is 3. The van der Waals surface area contributed by atoms with Gasteiger partial charge in [0.1, 0.15) is 16.3 Å². The Hall–Kier alpha value is -1.69. The number of sulfonamides is 1. The normalized spacial score (nSPS) is 26.1. The minimum Gasteiger partial charge on any atom is -0.338 e. The van der Waals surface area contributed by atoms with Crippen molar-refractivity contribution in [3.63, 3.8) is 0 Å². The van der Waals surface area contributed by atoms with E-state index in [0.29, 0.717) is 4.34 Å². The maximum absolute atomic E-state index is 12.7. The molecule has 12 heteroatoms. The molecule has 1 aromatic rings. The highest BCUT2D eigenvalue weighted by Gasteiger charge is 2.56. The Morgan fingerprint density at radius 3 is 2.45 bits per heavy atom. The van der Waals surface area contributed by atoms with E-state index < -0.39 is 21.6 Å². The Kier molecular flexibility index (Phi) is 5.12. The predicted octanol–water partition coefficient (Wildman–Crippen LogP) is 0.955. The molecule has 0 unspecified atom stereocenters. The van der Waals surface area contributed by atoms with E-state index in [1.54, 1.807) is 6.92 Å². The molecule has 158 valence electrons. The summed E-state index contributed by atoms with van der Waals surface area (Å²) in [6.07, 6.45) is 1.77. The highest BCUT2D eigenvalue weighted by molar-refractivity contribution is 7.91. The molecule has 2 aliphatic heterocycles. The maximum atomic E-state index is 12.7. The summed E-state index contributed by atoms with van der Waals surface area (Å²) in [5.74, 6) is -0.613. The van der Waals surface area contributed by atoms with Gasteiger partial charge in [0.25, 0.3) is 15.9 Å². The third kappa shape index (κ3) is 3.65. The molecular formula is C17H21ClN4O5S2. The number of imide groups is 1. The minimum atomic E-state index is -3.65. The fourth-order valence-electron chi connectivity index (χ4n) is 3.77. The smallest absolute Gasteiger partial charge is 0.325 e. The Morgan fingerprint density at radius 2 is 1.90 bits per heavy atom. The molecule has 3 aliphatic rings. The number of thiophene rings is 1. The first kappa shape index (κ1) is 20.6. The van der Waals surface area contributed by atoms with E-state index in [1.165, 1.54) is 21.3 Å². The highest BCUT2D eigenvalue weighted by Crippen LogP contribution is 2.42. The second kappa shape index (κ2) is 7.22. The molecule has 1 aliphatic carbocycles. The van der Waals surface area contributed by atoms with Gasteiger partial charge >= 0.3 is 6.03 Å². The van der Waals surface area contributed by atoms with E-state index in [-0.39, 0.29) is 54.7 Å². The van der Waals surface area contributed by atoms with Crippen LogP contribution in [0.4, 0.5) is 4.79 Å². The molecule has 0 radical (unpaired) electrons. The lowest BCUT2D eigenvalue weighted by molar-refractivity contribution is -0.139. The van der Waals surface area contributed by atoms with Crippen molar-refractivity contribution < 1.29 is 22.8 Å². The van der Waals surface area contributed by atoms with Gasteiger partial charge in [0, 0.05) is 26.2 Å². The summed E-state index contributed by atoms with van der Waals surface area (Å²) < 4.78 is 27.2. The van der Waals surface area contributed by atoms with Gasteiger partial charge in [-0.05, 0) is 37.8 Å². The van der Waals surface area contributed by atoms with Crippen LogP contribution in [0.2, 0.25) is 4.34 Å². The number of amides is 4. The predicted molar refractivity (Wildman–Crippen MR) is 106 cm³/mol. The van der Waals surface area contributed by atoms with E-state index in [1.807, 2.05) is 0 Å². The number of hydrogen-bond acceptors (Lipinski definition) is 6. The van der Waals surface area contributed by atoms with Crippen molar-refractivity contribution in [2.45, 2.75) is 29.5 Å². The Bertz CT molecular complexity index is 968. The van der Waals surface area contributed by atoms with Gasteiger partial charge in [-0.1, -0.05) is 11.6 Å². The molecule has 2 saturated heterocycles. The molecule has 4 rings (SSSR count). The van der Waals surface area contributed by atoms with Crippen molar-refractivity contribution in [2.75, 3.05) is 32.7 Å². The molecule has 0 bridgehead atoms. The number of piperazine rings is 1. The zero-order valence-corrected chi connectivity index (χ0v) is 18.1. The number of rotatable bonds is 5. The monoisotopic (exact) mass is 460 g/mol. The van der Waals surface area contributed by atoms with Crippen molar-refractivity contribution in [1.29, 1.82) is 0 Å². The quantitative estimate of drug-likeness (QED) is 0.658. The SMILES string of the molecule is C[C@@]1(C2CC2)NC(=O)N(CC(=O)N2CCN(S(=O)(=O)c3ccc(Cl)s3)CC2)C1=O. The van der Waals surface area contributed by atoms with Crippen molar-refractivity contribution in [1.82, 2.24) is 19.4 Å². The van der Waals surface area contributed by atoms with E-state index in [9.17, 15) is 22.8 Å². The summed E-state index contributed by atoms with van der Waals surface area (Å²) in [6.45, 7) is 2.05. The average molecular weight is 461 g/mol. The number of carbonyl (C=O) groups is 3. The molecule has 29 heavy (non-hydrogen) atoms. The Balaban J connectivity index is 1.36. The van der Waals surface area contributed by atoms with E-state index in [4.69, 9.17) is 11.6 Å². The first-order valence-electron chi connectivity index (χ1n) is 9.30. The van der Waals surface area contributed by atoms with E-state index in [0.717, 1.165) is 29.1 Å². The van der Waals surface area contributed by atoms with Gasteiger partial charge in [0.15, 0.2) is 0 Å². The summed E-state index contributed by atoms with van der Waals surface area (Å²) in [5, 5.41) is 2.72. The van der Waals surface area contributed by atoms with E-state index in [2.05, 4.69) is 5.32 Å². The third-order valence-corrected chi connectivity index (χ3v) is 9.32. The third-order valence-electron chi connectivity index (χ3n) is 5.72. The van der Waals surface area contributed by atoms with Gasteiger partial charge in [0.05, 0.1) is 4.34 Å². The lowest BCUT2D eigenvalue weighted by atomic mass is 9.96. The number of nitrogens with zero attached hydrogens (tertiary/aromatic N) is 3. The van der Waals surface area contributed by atoms with Crippen molar-refractivity contribution in [3.8, 4) is 0 Å². The van der Waals surface area contributed by atoms with Crippen LogP contribution in [-0.2, 0) is 19.6 Å². The van der Waals surface area contributed by atoms with Crippen LogP contribution in [0.5, 0.6) is 0 Å². The molecule has 3 heterocycles. The number of halogens is 1. The highest BCUT2D eigenvalue weighted by atomic mass is 35.5. The zero-order chi connectivity index (χ0) is 21.0. The second-order valence-corrected chi connectivity index (χ2v) is 11.5. The molecule has 0 aromatic carbocycles. The molecule has 9 nitrogen and oxygen atoms in total. The van der Waals surface area contributed by atoms with Crippen LogP contribution in [0.1, 0.15) is 19.8 Å². The Labute approximate surface area is 177 Å². The summed E-state index contributed by atoms with van der Waals surface area (Å²) in [4.78, 5) is 40.0. The van der Waals surface area contributed by atoms with Crippen molar-refractivity contribution in [2.24, 2.45) is 5.92 Å². The maximum Gasteiger partial charge on any atom is 0.325 e. The Morgan fingerprint density at radius 1 is 1.24 bits per heavy atom. The molecule has 0 spiro atoms. The van der Waals surface area contributed by atoms with Crippen LogP contribution in [0, 0.1) is 5.92 Å². The van der Waals surface area contributed by atoms with Crippen LogP contribution in [0.3, 0.4) is 0 Å². The van der Waals surface area contributed by atoms with Gasteiger partial charge < -0.3 is 10.2 Å². The van der Waals surface area contributed by atoms with E-state index >= 15 is 0 Å². The molecule has 1 saturated carbocycles. The molecule has 4 amide bonds. The van der Waals surface area contributed by atoms with Crippen LogP contribution in [0.25, 0.3) is 0 Å². The molecule has 3 fully saturated rings. The standard InChI is InChI=1S/C17H21ClN4O5S2/c1-17(11-2-3-11)15(24)22(16(25)19-17)10-13(23)20-6-8-21(9-7-20)29(26,27)14-5-4-12(18)28-14/h4-5,11H,2-3,6-10H2,1H3,(H,19,25)/t17-/m0/s1. The molecule has 1 N–H and O–H groups in total. The fraction of sp³-hybridized carbons (Fsp3) is 0.588. The van der Waals surface area contributed by atoms with Gasteiger partial charge in [-0.15, -0.1) is 11.3 Å². The second-order valence-electron chi connectivity index (χ2n) is 7.64. The van der Waals surface area contributed by atoms with Crippen LogP contribution >= 0.6 is 22.9 Å². The molecular weight excluding hydrogens is 440 g/mol. The van der Waals surface area contributed by atoms with Crippen molar-refractivity contribution >= 4 is 50.8 Å². The number of nitrogens with one attached hydrogen (secondary N) is 1.